The van der Waals surface area contributed by atoms with Crippen LogP contribution >= 0.6 is 21.6 Å². The molecule has 2 aliphatic rings. The van der Waals surface area contributed by atoms with E-state index in [1.807, 2.05) is 45.9 Å². The van der Waals surface area contributed by atoms with Crippen molar-refractivity contribution < 1.29 is 4.79 Å². The first-order valence-corrected chi connectivity index (χ1v) is 9.29. The molecular formula is C17H14OS2. The van der Waals surface area contributed by atoms with Gasteiger partial charge in [-0.1, -0.05) is 58.0 Å². The highest BCUT2D eigenvalue weighted by atomic mass is 33.1. The maximum absolute atomic E-state index is 12.5. The fourth-order valence-electron chi connectivity index (χ4n) is 2.97. The van der Waals surface area contributed by atoms with Crippen molar-refractivity contribution in [1.29, 1.82) is 0 Å². The van der Waals surface area contributed by atoms with Crippen molar-refractivity contribution in [3.8, 4) is 11.1 Å². The number of fused-ring (bicyclic) bond motifs is 3. The fourth-order valence-corrected chi connectivity index (χ4v) is 5.80. The molecule has 1 fully saturated rings. The quantitative estimate of drug-likeness (QED) is 0.581. The van der Waals surface area contributed by atoms with E-state index in [0.29, 0.717) is 5.25 Å². The smallest absolute Gasteiger partial charge is 0.194 e. The molecule has 100 valence electrons. The lowest BCUT2D eigenvalue weighted by atomic mass is 10.00. The van der Waals surface area contributed by atoms with E-state index in [0.717, 1.165) is 22.3 Å². The van der Waals surface area contributed by atoms with Gasteiger partial charge in [0.15, 0.2) is 5.78 Å². The van der Waals surface area contributed by atoms with Gasteiger partial charge >= 0.3 is 0 Å². The Morgan fingerprint density at radius 2 is 1.75 bits per heavy atom. The standard InChI is InChI=1S/C17H14OS2/c18-17-14-5-2-1-4-12(14)13-8-7-11(10-15(13)17)16-6-3-9-19-20-16/h1-2,4-5,7-8,10,16H,3,6,9H2. The lowest BCUT2D eigenvalue weighted by Gasteiger charge is -2.21. The van der Waals surface area contributed by atoms with Gasteiger partial charge in [-0.3, -0.25) is 4.79 Å². The van der Waals surface area contributed by atoms with Crippen molar-refractivity contribution in [2.45, 2.75) is 18.1 Å². The molecule has 1 aliphatic carbocycles. The Kier molecular flexibility index (Phi) is 3.12. The number of hydrogen-bond donors (Lipinski definition) is 0. The highest BCUT2D eigenvalue weighted by molar-refractivity contribution is 8.76. The van der Waals surface area contributed by atoms with E-state index < -0.39 is 0 Å². The molecule has 2 aromatic carbocycles. The van der Waals surface area contributed by atoms with Crippen LogP contribution in [0.2, 0.25) is 0 Å². The van der Waals surface area contributed by atoms with Crippen LogP contribution in [0.5, 0.6) is 0 Å². The van der Waals surface area contributed by atoms with Crippen LogP contribution in [0.15, 0.2) is 42.5 Å². The Labute approximate surface area is 126 Å². The number of benzene rings is 2. The molecule has 1 unspecified atom stereocenters. The molecule has 3 heteroatoms. The highest BCUT2D eigenvalue weighted by Gasteiger charge is 2.27. The maximum atomic E-state index is 12.5. The van der Waals surface area contributed by atoms with E-state index in [9.17, 15) is 4.79 Å². The molecule has 0 radical (unpaired) electrons. The average molecular weight is 298 g/mol. The van der Waals surface area contributed by atoms with Crippen molar-refractivity contribution in [3.63, 3.8) is 0 Å². The molecule has 1 saturated heterocycles. The monoisotopic (exact) mass is 298 g/mol. The molecule has 1 heterocycles. The van der Waals surface area contributed by atoms with Crippen molar-refractivity contribution in [2.75, 3.05) is 5.75 Å². The Hall–Kier alpha value is -1.19. The lowest BCUT2D eigenvalue weighted by molar-refractivity contribution is 0.104. The van der Waals surface area contributed by atoms with Crippen LogP contribution in [0, 0.1) is 0 Å². The Morgan fingerprint density at radius 1 is 0.950 bits per heavy atom. The Balaban J connectivity index is 1.78. The maximum Gasteiger partial charge on any atom is 0.194 e. The SMILES string of the molecule is O=C1c2ccccc2-c2ccc(C3CCCSS3)cc21. The van der Waals surface area contributed by atoms with Gasteiger partial charge in [0.1, 0.15) is 0 Å². The molecule has 0 amide bonds. The van der Waals surface area contributed by atoms with Crippen LogP contribution in [-0.4, -0.2) is 11.5 Å². The first-order chi connectivity index (χ1) is 9.84. The average Bonchev–Trinajstić information content (AvgIpc) is 2.81. The van der Waals surface area contributed by atoms with Gasteiger partial charge in [-0.15, -0.1) is 0 Å². The van der Waals surface area contributed by atoms with Crippen LogP contribution in [0.4, 0.5) is 0 Å². The van der Waals surface area contributed by atoms with Gasteiger partial charge in [0.2, 0.25) is 0 Å². The topological polar surface area (TPSA) is 17.1 Å². The largest absolute Gasteiger partial charge is 0.289 e. The molecule has 0 saturated carbocycles. The van der Waals surface area contributed by atoms with Crippen molar-refractivity contribution in [1.82, 2.24) is 0 Å². The second-order valence-electron chi connectivity index (χ2n) is 5.23. The summed E-state index contributed by atoms with van der Waals surface area (Å²) >= 11 is 0. The number of ketones is 1. The second kappa shape index (κ2) is 4.97. The van der Waals surface area contributed by atoms with Crippen molar-refractivity contribution in [2.24, 2.45) is 0 Å². The van der Waals surface area contributed by atoms with E-state index in [4.69, 9.17) is 0 Å². The van der Waals surface area contributed by atoms with Gasteiger partial charge in [0.05, 0.1) is 0 Å². The summed E-state index contributed by atoms with van der Waals surface area (Å²) in [7, 11) is 3.90. The minimum absolute atomic E-state index is 0.186. The molecule has 0 aromatic heterocycles. The number of hydrogen-bond acceptors (Lipinski definition) is 3. The molecular weight excluding hydrogens is 284 g/mol. The third kappa shape index (κ3) is 1.92. The molecule has 2 aromatic rings. The molecule has 20 heavy (non-hydrogen) atoms. The fraction of sp³-hybridized carbons (Fsp3) is 0.235. The van der Waals surface area contributed by atoms with E-state index in [1.165, 1.54) is 24.2 Å². The predicted octanol–water partition coefficient (Wildman–Crippen LogP) is 5.11. The zero-order chi connectivity index (χ0) is 13.5. The summed E-state index contributed by atoms with van der Waals surface area (Å²) in [4.78, 5) is 12.5. The molecule has 1 atom stereocenters. The summed E-state index contributed by atoms with van der Waals surface area (Å²) in [6, 6.07) is 14.4. The van der Waals surface area contributed by atoms with Crippen molar-refractivity contribution >= 4 is 27.4 Å². The number of carbonyl (C=O) groups excluding carboxylic acids is 1. The van der Waals surface area contributed by atoms with Crippen LogP contribution in [-0.2, 0) is 0 Å². The molecule has 0 bridgehead atoms. The van der Waals surface area contributed by atoms with Crippen LogP contribution in [0.1, 0.15) is 39.6 Å². The first-order valence-electron chi connectivity index (χ1n) is 6.91. The minimum atomic E-state index is 0.186. The molecule has 1 aliphatic heterocycles. The zero-order valence-corrected chi connectivity index (χ0v) is 12.6. The van der Waals surface area contributed by atoms with E-state index in [2.05, 4.69) is 18.2 Å². The lowest BCUT2D eigenvalue weighted by Crippen LogP contribution is -2.01. The molecule has 4 rings (SSSR count). The molecule has 1 nitrogen and oxygen atoms in total. The molecule has 0 N–H and O–H groups in total. The third-order valence-electron chi connectivity index (χ3n) is 4.00. The number of rotatable bonds is 1. The summed E-state index contributed by atoms with van der Waals surface area (Å²) in [6.45, 7) is 0. The highest BCUT2D eigenvalue weighted by Crippen LogP contribution is 2.47. The summed E-state index contributed by atoms with van der Waals surface area (Å²) in [5.41, 5.74) is 5.24. The predicted molar refractivity (Wildman–Crippen MR) is 87.3 cm³/mol. The summed E-state index contributed by atoms with van der Waals surface area (Å²) in [5.74, 6) is 1.43. The zero-order valence-electron chi connectivity index (χ0n) is 11.0. The van der Waals surface area contributed by atoms with Gasteiger partial charge < -0.3 is 0 Å². The Morgan fingerprint density at radius 3 is 2.55 bits per heavy atom. The van der Waals surface area contributed by atoms with Gasteiger partial charge in [0, 0.05) is 22.1 Å². The normalized spacial score (nSPS) is 20.6. The second-order valence-corrected chi connectivity index (χ2v) is 7.92. The van der Waals surface area contributed by atoms with E-state index in [1.54, 1.807) is 0 Å². The summed E-state index contributed by atoms with van der Waals surface area (Å²) < 4.78 is 0. The minimum Gasteiger partial charge on any atom is -0.289 e. The van der Waals surface area contributed by atoms with Crippen molar-refractivity contribution in [3.05, 3.63) is 59.2 Å². The van der Waals surface area contributed by atoms with Crippen LogP contribution in [0.3, 0.4) is 0 Å². The summed E-state index contributed by atoms with van der Waals surface area (Å²) in [5, 5.41) is 0.538. The number of carbonyl (C=O) groups is 1. The van der Waals surface area contributed by atoms with Gasteiger partial charge in [0.25, 0.3) is 0 Å². The van der Waals surface area contributed by atoms with Gasteiger partial charge in [-0.25, -0.2) is 0 Å². The Bertz CT molecular complexity index is 687. The first kappa shape index (κ1) is 12.5. The van der Waals surface area contributed by atoms with E-state index in [-0.39, 0.29) is 5.78 Å². The molecule has 0 spiro atoms. The summed E-state index contributed by atoms with van der Waals surface area (Å²) in [6.07, 6.45) is 2.49. The van der Waals surface area contributed by atoms with E-state index >= 15 is 0 Å². The third-order valence-corrected chi connectivity index (χ3v) is 6.94. The van der Waals surface area contributed by atoms with Crippen LogP contribution in [0.25, 0.3) is 11.1 Å². The van der Waals surface area contributed by atoms with Gasteiger partial charge in [-0.05, 0) is 35.6 Å². The van der Waals surface area contributed by atoms with Crippen LogP contribution < -0.4 is 0 Å². The van der Waals surface area contributed by atoms with Gasteiger partial charge in [-0.2, -0.15) is 0 Å².